The number of hydrogen-bond acceptors (Lipinski definition) is 16. The molecule has 3 aromatic carbocycles. The first-order valence-corrected chi connectivity index (χ1v) is 21.2. The van der Waals surface area contributed by atoms with E-state index in [-0.39, 0.29) is 13.0 Å². The second kappa shape index (κ2) is 18.5. The second-order valence-corrected chi connectivity index (χ2v) is 16.9. The van der Waals surface area contributed by atoms with Gasteiger partial charge in [0.15, 0.2) is 12.2 Å². The average molecular weight is 878 g/mol. The van der Waals surface area contributed by atoms with E-state index < -0.39 is 113 Å². The molecule has 2 bridgehead atoms. The fourth-order valence-corrected chi connectivity index (χ4v) is 11.4. The summed E-state index contributed by atoms with van der Waals surface area (Å²) in [5, 5.41) is 14.6. The van der Waals surface area contributed by atoms with Crippen LogP contribution in [0.15, 0.2) is 91.0 Å². The number of ether oxygens (including phenoxy) is 9. The number of carbonyl (C=O) groups excluding carboxylic acids is 5. The summed E-state index contributed by atoms with van der Waals surface area (Å²) in [6, 6.07) is 26.4. The number of thioether (sulfide) groups is 1. The molecule has 1 spiro atoms. The molecule has 3 aromatic rings. The van der Waals surface area contributed by atoms with Crippen molar-refractivity contribution in [3.05, 3.63) is 108 Å². The van der Waals surface area contributed by atoms with Crippen LogP contribution in [0, 0.1) is 11.8 Å². The van der Waals surface area contributed by atoms with Gasteiger partial charge in [-0.05, 0) is 5.56 Å². The van der Waals surface area contributed by atoms with E-state index in [9.17, 15) is 29.1 Å². The van der Waals surface area contributed by atoms with Crippen molar-refractivity contribution in [2.24, 2.45) is 11.8 Å². The van der Waals surface area contributed by atoms with Gasteiger partial charge in [0.2, 0.25) is 17.5 Å². The Balaban J connectivity index is 1.43. The van der Waals surface area contributed by atoms with E-state index in [4.69, 9.17) is 42.6 Å². The molecular formula is C45H51NO15S. The van der Waals surface area contributed by atoms with Crippen LogP contribution >= 0.6 is 11.8 Å². The molecule has 1 amide bonds. The minimum Gasteiger partial charge on any atom is -0.469 e. The van der Waals surface area contributed by atoms with Gasteiger partial charge in [-0.2, -0.15) is 0 Å². The Labute approximate surface area is 363 Å². The Morgan fingerprint density at radius 2 is 1.37 bits per heavy atom. The predicted molar refractivity (Wildman–Crippen MR) is 218 cm³/mol. The zero-order valence-corrected chi connectivity index (χ0v) is 35.9. The number of aliphatic hydroxyl groups is 1. The van der Waals surface area contributed by atoms with Gasteiger partial charge in [-0.15, -0.1) is 11.8 Å². The van der Waals surface area contributed by atoms with Crippen molar-refractivity contribution >= 4 is 41.5 Å². The van der Waals surface area contributed by atoms with E-state index in [0.29, 0.717) is 11.1 Å². The molecule has 16 nitrogen and oxygen atoms in total. The molecule has 2 aliphatic heterocycles. The highest BCUT2D eigenvalue weighted by molar-refractivity contribution is 8.00. The maximum atomic E-state index is 14.5. The lowest BCUT2D eigenvalue weighted by Crippen LogP contribution is -2.80. The van der Waals surface area contributed by atoms with Crippen molar-refractivity contribution in [1.29, 1.82) is 0 Å². The number of esters is 4. The van der Waals surface area contributed by atoms with Crippen molar-refractivity contribution < 1.29 is 71.7 Å². The smallest absolute Gasteiger partial charge is 0.310 e. The Kier molecular flexibility index (Phi) is 13.4. The molecule has 8 rings (SSSR count). The number of benzene rings is 3. The zero-order chi connectivity index (χ0) is 44.4. The molecule has 0 radical (unpaired) electrons. The predicted octanol–water partition coefficient (Wildman–Crippen LogP) is 3.54. The summed E-state index contributed by atoms with van der Waals surface area (Å²) in [7, 11) is 2.62. The Morgan fingerprint density at radius 1 is 0.790 bits per heavy atom. The summed E-state index contributed by atoms with van der Waals surface area (Å²) >= 11 is 1.03. The third kappa shape index (κ3) is 8.22. The van der Waals surface area contributed by atoms with E-state index in [1.807, 2.05) is 91.0 Å². The monoisotopic (exact) mass is 877 g/mol. The van der Waals surface area contributed by atoms with Gasteiger partial charge < -0.3 is 53.1 Å². The number of methoxy groups -OCH3 is 2. The first kappa shape index (κ1) is 45.2. The van der Waals surface area contributed by atoms with Crippen LogP contribution < -0.4 is 5.32 Å². The quantitative estimate of drug-likeness (QED) is 0.176. The van der Waals surface area contributed by atoms with Gasteiger partial charge in [0.25, 0.3) is 0 Å². The molecule has 12 atom stereocenters. The van der Waals surface area contributed by atoms with E-state index in [1.54, 1.807) is 0 Å². The number of amides is 1. The first-order chi connectivity index (χ1) is 29.7. The molecule has 332 valence electrons. The number of hydrogen-bond donors (Lipinski definition) is 2. The molecule has 5 aliphatic rings. The van der Waals surface area contributed by atoms with Crippen LogP contribution in [0.3, 0.4) is 0 Å². The molecule has 62 heavy (non-hydrogen) atoms. The molecule has 5 fully saturated rings. The van der Waals surface area contributed by atoms with Crippen molar-refractivity contribution in [2.75, 3.05) is 20.8 Å². The molecule has 3 aliphatic carbocycles. The number of aliphatic hydroxyl groups excluding tert-OH is 1. The topological polar surface area (TPSA) is 201 Å². The molecule has 2 heterocycles. The lowest BCUT2D eigenvalue weighted by molar-refractivity contribution is -0.353. The maximum Gasteiger partial charge on any atom is 0.310 e. The largest absolute Gasteiger partial charge is 0.469 e. The van der Waals surface area contributed by atoms with Crippen LogP contribution in [-0.4, -0.2) is 114 Å². The van der Waals surface area contributed by atoms with Gasteiger partial charge in [-0.25, -0.2) is 0 Å². The van der Waals surface area contributed by atoms with Gasteiger partial charge in [0.05, 0.1) is 31.0 Å². The summed E-state index contributed by atoms with van der Waals surface area (Å²) in [6.07, 6.45) is -6.44. The fraction of sp³-hybridized carbons (Fsp3) is 0.489. The zero-order valence-electron chi connectivity index (χ0n) is 35.1. The van der Waals surface area contributed by atoms with Gasteiger partial charge >= 0.3 is 23.9 Å². The summed E-state index contributed by atoms with van der Waals surface area (Å²) in [5.74, 6) is -9.54. The molecular weight excluding hydrogens is 827 g/mol. The standard InChI is InChI=1S/C45H51NO15S/c1-25(47)46-36-38(58-28(4)50)37(57-27(3)49)33(24-55-26(2)48)59-42(36)62-40-35(41(52)53-5)34-32(56-23-29-16-10-7-11-17-29)22-43(40)45(54-6,39(34)51)61-44(60-43,30-18-12-8-13-19-30)31-20-14-9-15-21-31/h7-21,32-40,42,51H,22-24H2,1-6H3,(H,46,47)/t32-,33-,34-,35+,36-,37-,38-,39-,40-,42+,43+,45+/m1/s1. The first-order valence-electron chi connectivity index (χ1n) is 20.2. The molecule has 0 unspecified atom stereocenters. The van der Waals surface area contributed by atoms with Crippen molar-refractivity contribution in [2.45, 2.75) is 105 Å². The van der Waals surface area contributed by atoms with Crippen LogP contribution in [0.5, 0.6) is 0 Å². The highest BCUT2D eigenvalue weighted by Gasteiger charge is 2.84. The van der Waals surface area contributed by atoms with Crippen LogP contribution in [0.25, 0.3) is 0 Å². The van der Waals surface area contributed by atoms with Crippen molar-refractivity contribution in [3.8, 4) is 0 Å². The van der Waals surface area contributed by atoms with Gasteiger partial charge in [-0.1, -0.05) is 91.0 Å². The molecule has 2 saturated heterocycles. The summed E-state index contributed by atoms with van der Waals surface area (Å²) in [6.45, 7) is 4.41. The number of carbonyl (C=O) groups is 5. The van der Waals surface area contributed by atoms with E-state index in [0.717, 1.165) is 31.2 Å². The van der Waals surface area contributed by atoms with Crippen molar-refractivity contribution in [3.63, 3.8) is 0 Å². The third-order valence-corrected chi connectivity index (χ3v) is 13.5. The number of fused-ring (bicyclic) bond motifs is 2. The van der Waals surface area contributed by atoms with E-state index in [2.05, 4.69) is 5.32 Å². The second-order valence-electron chi connectivity index (χ2n) is 15.7. The molecule has 17 heteroatoms. The lowest BCUT2D eigenvalue weighted by Gasteiger charge is -2.63. The molecule has 3 saturated carbocycles. The average Bonchev–Trinajstić information content (AvgIpc) is 3.59. The normalized spacial score (nSPS) is 33.1. The SMILES string of the molecule is COC(=O)[C@H]1[C@@H]2[C@@H](O)[C@]3(OC)OC(c4ccccc4)(c4ccccc4)O[C@@]3(C[C@H]2OCc2ccccc2)[C@@H]1S[C@@H]1O[C@H](COC(C)=O)[C@@H](OC(C)=O)[C@H](OC(C)=O)[C@H]1NC(C)=O. The van der Waals surface area contributed by atoms with E-state index >= 15 is 0 Å². The molecule has 2 N–H and O–H groups in total. The van der Waals surface area contributed by atoms with Gasteiger partial charge in [0.1, 0.15) is 35.9 Å². The van der Waals surface area contributed by atoms with Crippen LogP contribution in [0.2, 0.25) is 0 Å². The summed E-state index contributed by atoms with van der Waals surface area (Å²) < 4.78 is 56.8. The fourth-order valence-electron chi connectivity index (χ4n) is 9.49. The Morgan fingerprint density at radius 3 is 1.90 bits per heavy atom. The number of nitrogens with one attached hydrogen (secondary N) is 1. The molecule has 0 aromatic heterocycles. The minimum atomic E-state index is -2.01. The van der Waals surface area contributed by atoms with Crippen LogP contribution in [0.4, 0.5) is 0 Å². The Hall–Kier alpha value is -4.88. The summed E-state index contributed by atoms with van der Waals surface area (Å²) in [4.78, 5) is 65.0. The van der Waals surface area contributed by atoms with Gasteiger partial charge in [0, 0.05) is 58.3 Å². The van der Waals surface area contributed by atoms with Crippen molar-refractivity contribution in [1.82, 2.24) is 5.32 Å². The van der Waals surface area contributed by atoms with Crippen LogP contribution in [-0.2, 0) is 79.0 Å². The third-order valence-electron chi connectivity index (χ3n) is 11.8. The highest BCUT2D eigenvalue weighted by atomic mass is 32.2. The van der Waals surface area contributed by atoms with E-state index in [1.165, 1.54) is 28.1 Å². The van der Waals surface area contributed by atoms with Gasteiger partial charge in [-0.3, -0.25) is 24.0 Å². The number of rotatable bonds is 14. The maximum absolute atomic E-state index is 14.5. The Bertz CT molecular complexity index is 2050. The van der Waals surface area contributed by atoms with Crippen LogP contribution in [0.1, 0.15) is 50.8 Å². The minimum absolute atomic E-state index is 0.000173. The lowest BCUT2D eigenvalue weighted by atomic mass is 9.55. The highest BCUT2D eigenvalue weighted by Crippen LogP contribution is 2.69. The summed E-state index contributed by atoms with van der Waals surface area (Å²) in [5.41, 5.74) is -1.13.